The van der Waals surface area contributed by atoms with Crippen molar-refractivity contribution in [3.8, 4) is 0 Å². The molecule has 0 aromatic carbocycles. The second-order valence-corrected chi connectivity index (χ2v) is 2.97. The van der Waals surface area contributed by atoms with Gasteiger partial charge in [-0.05, 0) is 6.07 Å². The van der Waals surface area contributed by atoms with Crippen molar-refractivity contribution in [2.45, 2.75) is 0 Å². The van der Waals surface area contributed by atoms with E-state index >= 15 is 0 Å². The average Bonchev–Trinajstić information content (AvgIpc) is 2.04. The molecule has 0 radical (unpaired) electrons. The minimum atomic E-state index is -0.233. The Morgan fingerprint density at radius 3 is 2.67 bits per heavy atom. The van der Waals surface area contributed by atoms with E-state index < -0.39 is 0 Å². The predicted molar refractivity (Wildman–Crippen MR) is 43.7 cm³/mol. The number of hydrogen-bond donors (Lipinski definition) is 0. The van der Waals surface area contributed by atoms with E-state index in [2.05, 4.69) is 9.97 Å². The molecule has 1 aromatic rings. The van der Waals surface area contributed by atoms with Crippen molar-refractivity contribution < 1.29 is 4.39 Å². The van der Waals surface area contributed by atoms with Crippen molar-refractivity contribution in [1.82, 2.24) is 9.97 Å². The standard InChI is InChI=1S/C8H10FN3/c9-4-7-5-12(6-7)8-10-2-1-3-11-8/h1-3,7H,4-6H2. The first-order chi connectivity index (χ1) is 5.90. The van der Waals surface area contributed by atoms with Gasteiger partial charge in [-0.3, -0.25) is 4.39 Å². The zero-order valence-electron chi connectivity index (χ0n) is 6.65. The molecule has 0 aliphatic carbocycles. The zero-order valence-corrected chi connectivity index (χ0v) is 6.65. The van der Waals surface area contributed by atoms with E-state index in [-0.39, 0.29) is 12.6 Å². The number of aromatic nitrogens is 2. The molecule has 12 heavy (non-hydrogen) atoms. The normalized spacial score (nSPS) is 17.6. The third kappa shape index (κ3) is 1.24. The highest BCUT2D eigenvalue weighted by Crippen LogP contribution is 2.20. The Bertz CT molecular complexity index is 246. The van der Waals surface area contributed by atoms with Gasteiger partial charge in [-0.25, -0.2) is 9.97 Å². The van der Waals surface area contributed by atoms with Gasteiger partial charge in [0.1, 0.15) is 0 Å². The lowest BCUT2D eigenvalue weighted by atomic mass is 10.0. The van der Waals surface area contributed by atoms with E-state index in [0.29, 0.717) is 5.95 Å². The van der Waals surface area contributed by atoms with Crippen molar-refractivity contribution in [2.75, 3.05) is 24.7 Å². The molecular formula is C8H10FN3. The van der Waals surface area contributed by atoms with Gasteiger partial charge in [-0.2, -0.15) is 0 Å². The number of anilines is 1. The Balaban J connectivity index is 1.97. The largest absolute Gasteiger partial charge is 0.340 e. The highest BCUT2D eigenvalue weighted by molar-refractivity contribution is 5.32. The van der Waals surface area contributed by atoms with Gasteiger partial charge in [0, 0.05) is 31.4 Å². The molecule has 0 spiro atoms. The third-order valence-corrected chi connectivity index (χ3v) is 2.01. The van der Waals surface area contributed by atoms with Crippen LogP contribution in [0.4, 0.5) is 10.3 Å². The van der Waals surface area contributed by atoms with Crippen LogP contribution < -0.4 is 4.90 Å². The second kappa shape index (κ2) is 3.05. The lowest BCUT2D eigenvalue weighted by molar-refractivity contribution is 0.303. The van der Waals surface area contributed by atoms with Crippen LogP contribution in [0.15, 0.2) is 18.5 Å². The minimum absolute atomic E-state index is 0.189. The van der Waals surface area contributed by atoms with E-state index in [0.717, 1.165) is 13.1 Å². The molecule has 0 N–H and O–H groups in total. The summed E-state index contributed by atoms with van der Waals surface area (Å²) in [6, 6.07) is 1.77. The van der Waals surface area contributed by atoms with Crippen LogP contribution >= 0.6 is 0 Å². The van der Waals surface area contributed by atoms with Crippen LogP contribution in [0.25, 0.3) is 0 Å². The number of rotatable bonds is 2. The average molecular weight is 167 g/mol. The number of halogens is 1. The van der Waals surface area contributed by atoms with Gasteiger partial charge in [-0.1, -0.05) is 0 Å². The summed E-state index contributed by atoms with van der Waals surface area (Å²) in [7, 11) is 0. The first-order valence-electron chi connectivity index (χ1n) is 3.98. The summed E-state index contributed by atoms with van der Waals surface area (Å²) < 4.78 is 12.1. The summed E-state index contributed by atoms with van der Waals surface area (Å²) in [6.07, 6.45) is 3.40. The highest BCUT2D eigenvalue weighted by Gasteiger charge is 2.27. The Morgan fingerprint density at radius 2 is 2.08 bits per heavy atom. The van der Waals surface area contributed by atoms with E-state index in [1.807, 2.05) is 4.90 Å². The van der Waals surface area contributed by atoms with Crippen molar-refractivity contribution in [3.05, 3.63) is 18.5 Å². The molecule has 0 bridgehead atoms. The number of nitrogens with zero attached hydrogens (tertiary/aromatic N) is 3. The summed E-state index contributed by atoms with van der Waals surface area (Å²) in [6.45, 7) is 1.27. The molecular weight excluding hydrogens is 157 g/mol. The molecule has 4 heteroatoms. The first kappa shape index (κ1) is 7.46. The lowest BCUT2D eigenvalue weighted by Gasteiger charge is -2.37. The Labute approximate surface area is 70.3 Å². The van der Waals surface area contributed by atoms with Crippen LogP contribution in [-0.4, -0.2) is 29.7 Å². The molecule has 3 nitrogen and oxygen atoms in total. The summed E-state index contributed by atoms with van der Waals surface area (Å²) in [5, 5.41) is 0. The molecule has 1 aliphatic rings. The van der Waals surface area contributed by atoms with E-state index in [1.165, 1.54) is 0 Å². The smallest absolute Gasteiger partial charge is 0.225 e. The summed E-state index contributed by atoms with van der Waals surface area (Å²) in [5.74, 6) is 0.899. The van der Waals surface area contributed by atoms with Gasteiger partial charge in [0.15, 0.2) is 0 Å². The van der Waals surface area contributed by atoms with Crippen LogP contribution in [-0.2, 0) is 0 Å². The summed E-state index contributed by atoms with van der Waals surface area (Å²) in [5.41, 5.74) is 0. The van der Waals surface area contributed by atoms with Crippen LogP contribution in [0.3, 0.4) is 0 Å². The quantitative estimate of drug-likeness (QED) is 0.654. The lowest BCUT2D eigenvalue weighted by Crippen LogP contribution is -2.48. The molecule has 2 heterocycles. The topological polar surface area (TPSA) is 29.0 Å². The van der Waals surface area contributed by atoms with E-state index in [4.69, 9.17) is 0 Å². The van der Waals surface area contributed by atoms with Crippen LogP contribution in [0.1, 0.15) is 0 Å². The van der Waals surface area contributed by atoms with E-state index in [1.54, 1.807) is 18.5 Å². The van der Waals surface area contributed by atoms with Gasteiger partial charge in [-0.15, -0.1) is 0 Å². The first-order valence-corrected chi connectivity index (χ1v) is 3.98. The van der Waals surface area contributed by atoms with Gasteiger partial charge < -0.3 is 4.90 Å². The molecule has 0 saturated carbocycles. The van der Waals surface area contributed by atoms with E-state index in [9.17, 15) is 4.39 Å². The molecule has 0 amide bonds. The van der Waals surface area contributed by atoms with Crippen LogP contribution in [0.5, 0.6) is 0 Å². The van der Waals surface area contributed by atoms with Gasteiger partial charge in [0.05, 0.1) is 6.67 Å². The second-order valence-electron chi connectivity index (χ2n) is 2.97. The number of alkyl halides is 1. The zero-order chi connectivity index (χ0) is 8.39. The Kier molecular flexibility index (Phi) is 1.89. The maximum Gasteiger partial charge on any atom is 0.225 e. The molecule has 1 aliphatic heterocycles. The Morgan fingerprint density at radius 1 is 1.42 bits per heavy atom. The fraction of sp³-hybridized carbons (Fsp3) is 0.500. The van der Waals surface area contributed by atoms with Crippen molar-refractivity contribution in [1.29, 1.82) is 0 Å². The van der Waals surface area contributed by atoms with Gasteiger partial charge in [0.2, 0.25) is 5.95 Å². The molecule has 1 saturated heterocycles. The minimum Gasteiger partial charge on any atom is -0.340 e. The maximum atomic E-state index is 12.1. The summed E-state index contributed by atoms with van der Waals surface area (Å²) >= 11 is 0. The molecule has 1 aromatic heterocycles. The highest BCUT2D eigenvalue weighted by atomic mass is 19.1. The maximum absolute atomic E-state index is 12.1. The van der Waals surface area contributed by atoms with Crippen molar-refractivity contribution in [2.24, 2.45) is 5.92 Å². The SMILES string of the molecule is FCC1CN(c2ncccn2)C1. The van der Waals surface area contributed by atoms with Gasteiger partial charge >= 0.3 is 0 Å². The Hall–Kier alpha value is -1.19. The molecule has 64 valence electrons. The van der Waals surface area contributed by atoms with Crippen molar-refractivity contribution in [3.63, 3.8) is 0 Å². The van der Waals surface area contributed by atoms with Crippen LogP contribution in [0, 0.1) is 5.92 Å². The molecule has 1 fully saturated rings. The van der Waals surface area contributed by atoms with Crippen LogP contribution in [0.2, 0.25) is 0 Å². The third-order valence-electron chi connectivity index (χ3n) is 2.01. The molecule has 0 unspecified atom stereocenters. The fourth-order valence-electron chi connectivity index (χ4n) is 1.29. The predicted octanol–water partition coefficient (Wildman–Crippen LogP) is 0.882. The van der Waals surface area contributed by atoms with Gasteiger partial charge in [0.25, 0.3) is 0 Å². The molecule has 2 rings (SSSR count). The van der Waals surface area contributed by atoms with Crippen molar-refractivity contribution >= 4 is 5.95 Å². The fourth-order valence-corrected chi connectivity index (χ4v) is 1.29. The summed E-state index contributed by atoms with van der Waals surface area (Å²) in [4.78, 5) is 10.1. The monoisotopic (exact) mass is 167 g/mol. The molecule has 0 atom stereocenters. The number of hydrogen-bond acceptors (Lipinski definition) is 3.